The molecule has 4 aromatic rings. The highest BCUT2D eigenvalue weighted by Gasteiger charge is 2.25. The highest BCUT2D eigenvalue weighted by molar-refractivity contribution is 5.71. The number of rotatable bonds is 6. The molecule has 5 rings (SSSR count). The first kappa shape index (κ1) is 24.9. The Morgan fingerprint density at radius 1 is 0.971 bits per heavy atom. The summed E-state index contributed by atoms with van der Waals surface area (Å²) in [5.41, 5.74) is 6.55. The lowest BCUT2D eigenvalue weighted by atomic mass is 9.77. The Bertz CT molecular complexity index is 1210. The smallest absolute Gasteiger partial charge is 0.157 e. The van der Waals surface area contributed by atoms with E-state index in [-0.39, 0.29) is 0 Å². The van der Waals surface area contributed by atoms with Crippen molar-refractivity contribution in [1.82, 2.24) is 19.6 Å². The van der Waals surface area contributed by atoms with Crippen LogP contribution in [-0.2, 0) is 6.42 Å². The molecule has 0 amide bonds. The fraction of sp³-hybridized carbons (Fsp3) is 0.433. The third kappa shape index (κ3) is 6.08. The zero-order chi connectivity index (χ0) is 24.6. The standard InChI is InChI=1S/C26H29N5.C4H10/c1-18-7-3-4-8-20(18)16-24-19(2)29-25-12-14-28-31(25)26(24)30-23-11-5-9-21(15-23)22-10-6-13-27-17-22;1-3-4-2/h5-6,9-15,17-18,20,30H,3-4,7-8,16H2,1-2H3;3-4H2,1-2H3. The number of hydrogen-bond donors (Lipinski definition) is 1. The highest BCUT2D eigenvalue weighted by Crippen LogP contribution is 2.35. The van der Waals surface area contributed by atoms with E-state index in [0.29, 0.717) is 5.92 Å². The lowest BCUT2D eigenvalue weighted by Crippen LogP contribution is -2.21. The van der Waals surface area contributed by atoms with Gasteiger partial charge in [0.05, 0.1) is 6.20 Å². The van der Waals surface area contributed by atoms with E-state index in [1.54, 1.807) is 6.20 Å². The van der Waals surface area contributed by atoms with Gasteiger partial charge in [-0.15, -0.1) is 0 Å². The van der Waals surface area contributed by atoms with Crippen LogP contribution in [0.2, 0.25) is 0 Å². The van der Waals surface area contributed by atoms with Gasteiger partial charge in [0.1, 0.15) is 5.82 Å². The van der Waals surface area contributed by atoms with Crippen molar-refractivity contribution in [2.75, 3.05) is 5.32 Å². The Hall–Kier alpha value is -3.21. The van der Waals surface area contributed by atoms with E-state index in [2.05, 4.69) is 73.4 Å². The number of benzene rings is 1. The van der Waals surface area contributed by atoms with Gasteiger partial charge in [-0.05, 0) is 55.4 Å². The SMILES string of the molecule is CCCC.Cc1nc2ccnn2c(Nc2cccc(-c3cccnc3)c2)c1CC1CCCCC1C. The fourth-order valence-electron chi connectivity index (χ4n) is 4.87. The molecule has 1 aromatic carbocycles. The summed E-state index contributed by atoms with van der Waals surface area (Å²) >= 11 is 0. The number of aromatic nitrogens is 4. The van der Waals surface area contributed by atoms with Crippen LogP contribution in [-0.4, -0.2) is 19.6 Å². The van der Waals surface area contributed by atoms with E-state index >= 15 is 0 Å². The molecular weight excluding hydrogens is 430 g/mol. The maximum Gasteiger partial charge on any atom is 0.157 e. The van der Waals surface area contributed by atoms with Crippen LogP contribution in [0.3, 0.4) is 0 Å². The van der Waals surface area contributed by atoms with Crippen LogP contribution >= 0.6 is 0 Å². The minimum atomic E-state index is 0.699. The maximum atomic E-state index is 4.85. The summed E-state index contributed by atoms with van der Waals surface area (Å²) < 4.78 is 1.95. The minimum absolute atomic E-state index is 0.699. The molecular formula is C30H39N5. The molecule has 2 atom stereocenters. The van der Waals surface area contributed by atoms with Crippen molar-refractivity contribution in [3.63, 3.8) is 0 Å². The lowest BCUT2D eigenvalue weighted by Gasteiger charge is -2.30. The Morgan fingerprint density at radius 3 is 2.51 bits per heavy atom. The summed E-state index contributed by atoms with van der Waals surface area (Å²) in [7, 11) is 0. The van der Waals surface area contributed by atoms with Crippen molar-refractivity contribution in [2.24, 2.45) is 11.8 Å². The number of fused-ring (bicyclic) bond motifs is 1. The van der Waals surface area contributed by atoms with Crippen molar-refractivity contribution in [2.45, 2.75) is 72.6 Å². The van der Waals surface area contributed by atoms with Gasteiger partial charge < -0.3 is 5.32 Å². The van der Waals surface area contributed by atoms with E-state index < -0.39 is 0 Å². The summed E-state index contributed by atoms with van der Waals surface area (Å²) in [4.78, 5) is 9.11. The predicted molar refractivity (Wildman–Crippen MR) is 146 cm³/mol. The number of aryl methyl sites for hydroxylation is 1. The van der Waals surface area contributed by atoms with Crippen molar-refractivity contribution >= 4 is 17.2 Å². The molecule has 2 unspecified atom stereocenters. The Kier molecular flexibility index (Phi) is 8.51. The molecule has 1 aliphatic carbocycles. The zero-order valence-electron chi connectivity index (χ0n) is 21.7. The van der Waals surface area contributed by atoms with E-state index in [9.17, 15) is 0 Å². The van der Waals surface area contributed by atoms with E-state index in [1.807, 2.05) is 29.0 Å². The Morgan fingerprint density at radius 2 is 1.77 bits per heavy atom. The van der Waals surface area contributed by atoms with Gasteiger partial charge in [-0.25, -0.2) is 4.98 Å². The van der Waals surface area contributed by atoms with E-state index in [4.69, 9.17) is 4.98 Å². The van der Waals surface area contributed by atoms with Gasteiger partial charge in [-0.3, -0.25) is 4.98 Å². The monoisotopic (exact) mass is 469 g/mol. The number of hydrogen-bond acceptors (Lipinski definition) is 4. The average Bonchev–Trinajstić information content (AvgIpc) is 3.36. The van der Waals surface area contributed by atoms with Gasteiger partial charge in [0.2, 0.25) is 0 Å². The van der Waals surface area contributed by atoms with Gasteiger partial charge >= 0.3 is 0 Å². The molecule has 184 valence electrons. The summed E-state index contributed by atoms with van der Waals surface area (Å²) in [6.07, 6.45) is 14.5. The second-order valence-corrected chi connectivity index (χ2v) is 9.80. The number of nitrogens with zero attached hydrogens (tertiary/aromatic N) is 4. The fourth-order valence-corrected chi connectivity index (χ4v) is 4.87. The maximum absolute atomic E-state index is 4.85. The first-order chi connectivity index (χ1) is 17.1. The second-order valence-electron chi connectivity index (χ2n) is 9.80. The van der Waals surface area contributed by atoms with E-state index in [0.717, 1.165) is 46.3 Å². The molecule has 0 saturated heterocycles. The van der Waals surface area contributed by atoms with Crippen LogP contribution in [0.4, 0.5) is 11.5 Å². The first-order valence-corrected chi connectivity index (χ1v) is 13.2. The summed E-state index contributed by atoms with van der Waals surface area (Å²) in [6, 6.07) is 14.5. The quantitative estimate of drug-likeness (QED) is 0.311. The number of nitrogens with one attached hydrogen (secondary N) is 1. The van der Waals surface area contributed by atoms with Crippen LogP contribution in [0.5, 0.6) is 0 Å². The first-order valence-electron chi connectivity index (χ1n) is 13.2. The Balaban J connectivity index is 0.000000672. The highest BCUT2D eigenvalue weighted by atomic mass is 15.3. The Labute approximate surface area is 210 Å². The summed E-state index contributed by atoms with van der Waals surface area (Å²) in [5.74, 6) is 2.49. The van der Waals surface area contributed by atoms with Crippen LogP contribution in [0.25, 0.3) is 16.8 Å². The lowest BCUT2D eigenvalue weighted by molar-refractivity contribution is 0.254. The minimum Gasteiger partial charge on any atom is -0.340 e. The molecule has 35 heavy (non-hydrogen) atoms. The van der Waals surface area contributed by atoms with Gasteiger partial charge in [0, 0.05) is 41.0 Å². The topological polar surface area (TPSA) is 55.1 Å². The van der Waals surface area contributed by atoms with Gasteiger partial charge in [0.25, 0.3) is 0 Å². The van der Waals surface area contributed by atoms with Gasteiger partial charge in [-0.1, -0.05) is 71.1 Å². The largest absolute Gasteiger partial charge is 0.340 e. The molecule has 0 radical (unpaired) electrons. The number of anilines is 2. The van der Waals surface area contributed by atoms with Crippen molar-refractivity contribution in [3.05, 3.63) is 72.3 Å². The second kappa shape index (κ2) is 12.0. The summed E-state index contributed by atoms with van der Waals surface area (Å²) in [5, 5.41) is 8.29. The molecule has 3 heterocycles. The van der Waals surface area contributed by atoms with Crippen molar-refractivity contribution in [1.29, 1.82) is 0 Å². The summed E-state index contributed by atoms with van der Waals surface area (Å²) in [6.45, 7) is 8.90. The molecule has 5 heteroatoms. The average molecular weight is 470 g/mol. The van der Waals surface area contributed by atoms with Crippen LogP contribution < -0.4 is 5.32 Å². The zero-order valence-corrected chi connectivity index (χ0v) is 21.7. The van der Waals surface area contributed by atoms with Gasteiger partial charge in [-0.2, -0.15) is 9.61 Å². The van der Waals surface area contributed by atoms with Gasteiger partial charge in [0.15, 0.2) is 5.65 Å². The molecule has 0 spiro atoms. The third-order valence-corrected chi connectivity index (χ3v) is 7.22. The molecule has 0 bridgehead atoms. The molecule has 1 aliphatic rings. The molecule has 1 N–H and O–H groups in total. The molecule has 5 nitrogen and oxygen atoms in total. The predicted octanol–water partition coefficient (Wildman–Crippen LogP) is 8.02. The van der Waals surface area contributed by atoms with E-state index in [1.165, 1.54) is 44.1 Å². The number of pyridine rings is 1. The third-order valence-electron chi connectivity index (χ3n) is 7.22. The molecule has 1 fully saturated rings. The molecule has 3 aromatic heterocycles. The molecule has 0 aliphatic heterocycles. The van der Waals surface area contributed by atoms with Crippen molar-refractivity contribution < 1.29 is 0 Å². The number of unbranched alkanes of at least 4 members (excludes halogenated alkanes) is 1. The van der Waals surface area contributed by atoms with Crippen molar-refractivity contribution in [3.8, 4) is 11.1 Å². The molecule has 1 saturated carbocycles. The van der Waals surface area contributed by atoms with Crippen LogP contribution in [0.1, 0.15) is 70.6 Å². The van der Waals surface area contributed by atoms with Crippen LogP contribution in [0.15, 0.2) is 61.1 Å². The van der Waals surface area contributed by atoms with Crippen LogP contribution in [0, 0.1) is 18.8 Å². The normalized spacial score (nSPS) is 17.6.